The van der Waals surface area contributed by atoms with Crippen LogP contribution < -0.4 is 15.4 Å². The van der Waals surface area contributed by atoms with E-state index in [1.54, 1.807) is 18.4 Å². The third kappa shape index (κ3) is 4.49. The fraction of sp³-hybridized carbons (Fsp3) is 0.312. The first-order valence-corrected chi connectivity index (χ1v) is 7.80. The van der Waals surface area contributed by atoms with Gasteiger partial charge in [0, 0.05) is 6.54 Å². The topological polar surface area (TPSA) is 50.4 Å². The number of hydrogen-bond donors (Lipinski definition) is 2. The lowest BCUT2D eigenvalue weighted by Crippen LogP contribution is -2.32. The number of amides is 1. The van der Waals surface area contributed by atoms with Crippen LogP contribution in [0.1, 0.15) is 18.4 Å². The summed E-state index contributed by atoms with van der Waals surface area (Å²) in [5.41, 5.74) is 2.08. The molecule has 0 bridgehead atoms. The maximum Gasteiger partial charge on any atom is 0.239 e. The van der Waals surface area contributed by atoms with Crippen molar-refractivity contribution in [2.24, 2.45) is 0 Å². The van der Waals surface area contributed by atoms with Gasteiger partial charge in [-0.2, -0.15) is 11.3 Å². The van der Waals surface area contributed by atoms with E-state index in [9.17, 15) is 4.79 Å². The first-order valence-electron chi connectivity index (χ1n) is 6.86. The van der Waals surface area contributed by atoms with E-state index in [-0.39, 0.29) is 12.5 Å². The fourth-order valence-corrected chi connectivity index (χ4v) is 2.75. The molecule has 0 unspecified atom stereocenters. The van der Waals surface area contributed by atoms with Gasteiger partial charge in [-0.1, -0.05) is 19.1 Å². The highest BCUT2D eigenvalue weighted by atomic mass is 32.1. The number of benzene rings is 1. The van der Waals surface area contributed by atoms with Crippen molar-refractivity contribution in [3.8, 4) is 5.75 Å². The third-order valence-electron chi connectivity index (χ3n) is 3.26. The van der Waals surface area contributed by atoms with Gasteiger partial charge in [-0.05, 0) is 40.4 Å². The molecule has 1 heterocycles. The number of anilines is 1. The van der Waals surface area contributed by atoms with Crippen molar-refractivity contribution in [2.45, 2.75) is 12.8 Å². The van der Waals surface area contributed by atoms with E-state index >= 15 is 0 Å². The molecule has 0 saturated heterocycles. The average Bonchev–Trinajstić information content (AvgIpc) is 3.05. The molecule has 0 aliphatic rings. The number of ether oxygens (including phenoxy) is 1. The van der Waals surface area contributed by atoms with E-state index in [4.69, 9.17) is 4.74 Å². The van der Waals surface area contributed by atoms with Crippen LogP contribution in [0.3, 0.4) is 0 Å². The summed E-state index contributed by atoms with van der Waals surface area (Å²) < 4.78 is 5.23. The van der Waals surface area contributed by atoms with E-state index in [1.165, 1.54) is 5.56 Å². The summed E-state index contributed by atoms with van der Waals surface area (Å²) >= 11 is 1.67. The number of hydrogen-bond acceptors (Lipinski definition) is 4. The summed E-state index contributed by atoms with van der Waals surface area (Å²) in [5, 5.41) is 10.2. The summed E-state index contributed by atoms with van der Waals surface area (Å²) in [6.45, 7) is 2.98. The van der Waals surface area contributed by atoms with Gasteiger partial charge in [0.1, 0.15) is 5.75 Å². The SMILES string of the molecule is COc1ccccc1NCC(=O)NC[C@@H](C)c1ccsc1. The van der Waals surface area contributed by atoms with Crippen molar-refractivity contribution in [1.82, 2.24) is 5.32 Å². The molecule has 0 aliphatic heterocycles. The van der Waals surface area contributed by atoms with Gasteiger partial charge in [0.25, 0.3) is 0 Å². The van der Waals surface area contributed by atoms with Gasteiger partial charge in [0.05, 0.1) is 19.3 Å². The number of methoxy groups -OCH3 is 1. The highest BCUT2D eigenvalue weighted by Crippen LogP contribution is 2.22. The molecule has 2 aromatic rings. The molecule has 1 amide bonds. The molecular weight excluding hydrogens is 284 g/mol. The van der Waals surface area contributed by atoms with E-state index in [0.29, 0.717) is 12.5 Å². The van der Waals surface area contributed by atoms with Gasteiger partial charge in [0.2, 0.25) is 5.91 Å². The lowest BCUT2D eigenvalue weighted by molar-refractivity contribution is -0.119. The molecule has 21 heavy (non-hydrogen) atoms. The largest absolute Gasteiger partial charge is 0.495 e. The Bertz CT molecular complexity index is 569. The molecule has 0 aliphatic carbocycles. The molecule has 0 fully saturated rings. The zero-order chi connectivity index (χ0) is 15.1. The number of rotatable bonds is 7. The second-order valence-corrected chi connectivity index (χ2v) is 5.60. The van der Waals surface area contributed by atoms with Crippen molar-refractivity contribution >= 4 is 22.9 Å². The quantitative estimate of drug-likeness (QED) is 0.826. The first kappa shape index (κ1) is 15.4. The number of para-hydroxylation sites is 2. The predicted molar refractivity (Wildman–Crippen MR) is 87.2 cm³/mol. The zero-order valence-corrected chi connectivity index (χ0v) is 13.1. The van der Waals surface area contributed by atoms with E-state index in [1.807, 2.05) is 24.3 Å². The molecular formula is C16H20N2O2S. The fourth-order valence-electron chi connectivity index (χ4n) is 1.97. The van der Waals surface area contributed by atoms with Crippen molar-refractivity contribution in [1.29, 1.82) is 0 Å². The van der Waals surface area contributed by atoms with Crippen molar-refractivity contribution < 1.29 is 9.53 Å². The van der Waals surface area contributed by atoms with Crippen LogP contribution in [-0.4, -0.2) is 26.1 Å². The van der Waals surface area contributed by atoms with Crippen LogP contribution in [0.25, 0.3) is 0 Å². The molecule has 2 rings (SSSR count). The van der Waals surface area contributed by atoms with Crippen molar-refractivity contribution in [3.05, 3.63) is 46.7 Å². The van der Waals surface area contributed by atoms with Crippen molar-refractivity contribution in [3.63, 3.8) is 0 Å². The Balaban J connectivity index is 1.77. The standard InChI is InChI=1S/C16H20N2O2S/c1-12(13-7-8-21-11-13)9-18-16(19)10-17-14-5-3-4-6-15(14)20-2/h3-8,11-12,17H,9-10H2,1-2H3,(H,18,19)/t12-/m1/s1. The number of thiophene rings is 1. The predicted octanol–water partition coefficient (Wildman–Crippen LogP) is 3.09. The molecule has 2 N–H and O–H groups in total. The maximum absolute atomic E-state index is 11.9. The molecule has 112 valence electrons. The van der Waals surface area contributed by atoms with Crippen LogP contribution in [-0.2, 0) is 4.79 Å². The Hall–Kier alpha value is -2.01. The van der Waals surface area contributed by atoms with Crippen LogP contribution in [0, 0.1) is 0 Å². The summed E-state index contributed by atoms with van der Waals surface area (Å²) in [6.07, 6.45) is 0. The number of carbonyl (C=O) groups is 1. The Kier molecular flexibility index (Phi) is 5.63. The minimum atomic E-state index is -0.0250. The summed E-state index contributed by atoms with van der Waals surface area (Å²) in [7, 11) is 1.61. The van der Waals surface area contributed by atoms with E-state index < -0.39 is 0 Å². The summed E-state index contributed by atoms with van der Waals surface area (Å²) in [6, 6.07) is 9.64. The van der Waals surface area contributed by atoms with Gasteiger partial charge in [-0.3, -0.25) is 4.79 Å². The maximum atomic E-state index is 11.9. The van der Waals surface area contributed by atoms with Gasteiger partial charge >= 0.3 is 0 Å². The van der Waals surface area contributed by atoms with E-state index in [2.05, 4.69) is 34.4 Å². The minimum Gasteiger partial charge on any atom is -0.495 e. The van der Waals surface area contributed by atoms with Gasteiger partial charge in [0.15, 0.2) is 0 Å². The van der Waals surface area contributed by atoms with Crippen molar-refractivity contribution in [2.75, 3.05) is 25.5 Å². The second kappa shape index (κ2) is 7.69. The highest BCUT2D eigenvalue weighted by molar-refractivity contribution is 7.07. The molecule has 5 heteroatoms. The molecule has 1 aromatic heterocycles. The first-order chi connectivity index (χ1) is 10.2. The molecule has 4 nitrogen and oxygen atoms in total. The number of nitrogens with one attached hydrogen (secondary N) is 2. The normalized spacial score (nSPS) is 11.7. The smallest absolute Gasteiger partial charge is 0.239 e. The van der Waals surface area contributed by atoms with Crippen LogP contribution in [0.5, 0.6) is 5.75 Å². The Labute approximate surface area is 129 Å². The minimum absolute atomic E-state index is 0.0250. The van der Waals surface area contributed by atoms with Crippen LogP contribution in [0.2, 0.25) is 0 Å². The second-order valence-electron chi connectivity index (χ2n) is 4.82. The summed E-state index contributed by atoms with van der Waals surface area (Å²) in [4.78, 5) is 11.9. The lowest BCUT2D eigenvalue weighted by atomic mass is 10.1. The Morgan fingerprint density at radius 2 is 2.14 bits per heavy atom. The molecule has 1 aromatic carbocycles. The third-order valence-corrected chi connectivity index (χ3v) is 3.97. The lowest BCUT2D eigenvalue weighted by Gasteiger charge is -2.13. The highest BCUT2D eigenvalue weighted by Gasteiger charge is 2.09. The molecule has 0 spiro atoms. The monoisotopic (exact) mass is 304 g/mol. The Morgan fingerprint density at radius 3 is 2.86 bits per heavy atom. The zero-order valence-electron chi connectivity index (χ0n) is 12.3. The van der Waals surface area contributed by atoms with Gasteiger partial charge < -0.3 is 15.4 Å². The van der Waals surface area contributed by atoms with E-state index in [0.717, 1.165) is 11.4 Å². The number of carbonyl (C=O) groups excluding carboxylic acids is 1. The molecule has 1 atom stereocenters. The van der Waals surface area contributed by atoms with Gasteiger partial charge in [-0.15, -0.1) is 0 Å². The molecule has 0 saturated carbocycles. The van der Waals surface area contributed by atoms with Crippen LogP contribution in [0.15, 0.2) is 41.1 Å². The molecule has 0 radical (unpaired) electrons. The van der Waals surface area contributed by atoms with Gasteiger partial charge in [-0.25, -0.2) is 0 Å². The van der Waals surface area contributed by atoms with Crippen LogP contribution in [0.4, 0.5) is 5.69 Å². The Morgan fingerprint density at radius 1 is 1.33 bits per heavy atom. The summed E-state index contributed by atoms with van der Waals surface area (Å²) in [5.74, 6) is 1.03. The van der Waals surface area contributed by atoms with Crippen LogP contribution >= 0.6 is 11.3 Å². The average molecular weight is 304 g/mol.